The molecule has 0 atom stereocenters. The molecule has 1 aromatic heterocycles. The minimum atomic E-state index is -2.61. The van der Waals surface area contributed by atoms with Crippen LogP contribution in [-0.2, 0) is 0 Å². The molecule has 78 valence electrons. The van der Waals surface area contributed by atoms with E-state index in [1.54, 1.807) is 6.07 Å². The summed E-state index contributed by atoms with van der Waals surface area (Å²) in [4.78, 5) is 0. The number of aromatic nitrogens is 2. The van der Waals surface area contributed by atoms with E-state index in [1.165, 1.54) is 6.20 Å². The van der Waals surface area contributed by atoms with Gasteiger partial charge in [0.1, 0.15) is 0 Å². The number of nitrogens with zero attached hydrogens (tertiary/aromatic N) is 2. The molecule has 0 N–H and O–H groups in total. The first-order chi connectivity index (χ1) is 6.34. The fourth-order valence-corrected chi connectivity index (χ4v) is 1.09. The molecule has 0 aliphatic heterocycles. The second-order valence-electron chi connectivity index (χ2n) is 4.17. The van der Waals surface area contributed by atoms with Crippen molar-refractivity contribution < 1.29 is 8.78 Å². The monoisotopic (exact) mass is 200 g/mol. The first-order valence-corrected chi connectivity index (χ1v) is 4.35. The minimum absolute atomic E-state index is 0.229. The maximum Gasteiger partial charge on any atom is 0.333 e. The molecule has 4 heteroatoms. The van der Waals surface area contributed by atoms with Gasteiger partial charge in [0, 0.05) is 6.20 Å². The fourth-order valence-electron chi connectivity index (χ4n) is 1.09. The van der Waals surface area contributed by atoms with E-state index in [2.05, 4.69) is 11.7 Å². The maximum absolute atomic E-state index is 12.5. The van der Waals surface area contributed by atoms with Crippen molar-refractivity contribution in [2.24, 2.45) is 5.41 Å². The Morgan fingerprint density at radius 1 is 1.50 bits per heavy atom. The molecule has 14 heavy (non-hydrogen) atoms. The van der Waals surface area contributed by atoms with Crippen LogP contribution in [0.25, 0.3) is 5.57 Å². The Labute approximate surface area is 82.2 Å². The maximum atomic E-state index is 12.5. The highest BCUT2D eigenvalue weighted by Gasteiger charge is 2.22. The molecule has 0 aliphatic rings. The third kappa shape index (κ3) is 2.00. The SMILES string of the molecule is C=C(c1ccnn1C(F)F)C(C)(C)C. The average Bonchev–Trinajstić information content (AvgIpc) is 2.48. The standard InChI is InChI=1S/C10H14F2N2/c1-7(10(2,3)4)8-5-6-13-14(8)9(11)12/h5-6,9H,1H2,2-4H3. The number of hydrogen-bond acceptors (Lipinski definition) is 1. The Morgan fingerprint density at radius 2 is 2.07 bits per heavy atom. The van der Waals surface area contributed by atoms with Crippen LogP contribution in [0.1, 0.15) is 33.0 Å². The summed E-state index contributed by atoms with van der Waals surface area (Å²) in [6.07, 6.45) is 1.36. The molecule has 0 amide bonds. The van der Waals surface area contributed by atoms with E-state index < -0.39 is 6.55 Å². The van der Waals surface area contributed by atoms with Gasteiger partial charge in [-0.25, -0.2) is 4.68 Å². The molecule has 1 aromatic rings. The third-order valence-electron chi connectivity index (χ3n) is 2.07. The van der Waals surface area contributed by atoms with Gasteiger partial charge in [0.2, 0.25) is 0 Å². The van der Waals surface area contributed by atoms with E-state index >= 15 is 0 Å². The molecule has 0 fully saturated rings. The number of hydrogen-bond donors (Lipinski definition) is 0. The smallest absolute Gasteiger partial charge is 0.204 e. The van der Waals surface area contributed by atoms with E-state index in [1.807, 2.05) is 20.8 Å². The van der Waals surface area contributed by atoms with E-state index in [0.717, 1.165) is 0 Å². The van der Waals surface area contributed by atoms with Gasteiger partial charge in [0.15, 0.2) is 0 Å². The molecule has 0 unspecified atom stereocenters. The molecule has 0 radical (unpaired) electrons. The van der Waals surface area contributed by atoms with Crippen LogP contribution in [0, 0.1) is 5.41 Å². The van der Waals surface area contributed by atoms with Crippen molar-refractivity contribution in [1.29, 1.82) is 0 Å². The second kappa shape index (κ2) is 3.52. The summed E-state index contributed by atoms with van der Waals surface area (Å²) in [5.41, 5.74) is 0.829. The fraction of sp³-hybridized carbons (Fsp3) is 0.500. The largest absolute Gasteiger partial charge is 0.333 e. The zero-order chi connectivity index (χ0) is 10.9. The molecule has 0 bridgehead atoms. The molecule has 0 spiro atoms. The quantitative estimate of drug-likeness (QED) is 0.715. The summed E-state index contributed by atoms with van der Waals surface area (Å²) in [5, 5.41) is 3.56. The lowest BCUT2D eigenvalue weighted by molar-refractivity contribution is 0.0554. The van der Waals surface area contributed by atoms with Gasteiger partial charge in [0.25, 0.3) is 0 Å². The van der Waals surface area contributed by atoms with Crippen LogP contribution >= 0.6 is 0 Å². The van der Waals surface area contributed by atoms with E-state index in [4.69, 9.17) is 0 Å². The van der Waals surface area contributed by atoms with Crippen LogP contribution in [0.4, 0.5) is 8.78 Å². The van der Waals surface area contributed by atoms with Crippen molar-refractivity contribution in [2.45, 2.75) is 27.3 Å². The van der Waals surface area contributed by atoms with Crippen LogP contribution in [0.5, 0.6) is 0 Å². The van der Waals surface area contributed by atoms with Crippen LogP contribution in [0.15, 0.2) is 18.8 Å². The Kier molecular flexibility index (Phi) is 2.73. The first-order valence-electron chi connectivity index (χ1n) is 4.35. The van der Waals surface area contributed by atoms with Gasteiger partial charge in [-0.3, -0.25) is 0 Å². The van der Waals surface area contributed by atoms with Crippen molar-refractivity contribution >= 4 is 5.57 Å². The Hall–Kier alpha value is -1.19. The normalized spacial score (nSPS) is 12.1. The highest BCUT2D eigenvalue weighted by molar-refractivity contribution is 5.64. The summed E-state index contributed by atoms with van der Waals surface area (Å²) in [7, 11) is 0. The zero-order valence-electron chi connectivity index (χ0n) is 8.59. The average molecular weight is 200 g/mol. The van der Waals surface area contributed by atoms with Gasteiger partial charge in [-0.1, -0.05) is 27.4 Å². The summed E-state index contributed by atoms with van der Waals surface area (Å²) in [6, 6.07) is 1.56. The summed E-state index contributed by atoms with van der Waals surface area (Å²) in [6.45, 7) is 6.99. The summed E-state index contributed by atoms with van der Waals surface area (Å²) < 4.78 is 25.6. The molecular weight excluding hydrogens is 186 g/mol. The topological polar surface area (TPSA) is 17.8 Å². The first kappa shape index (κ1) is 10.9. The van der Waals surface area contributed by atoms with Gasteiger partial charge in [-0.05, 0) is 17.1 Å². The molecule has 1 heterocycles. The second-order valence-corrected chi connectivity index (χ2v) is 4.17. The lowest BCUT2D eigenvalue weighted by Gasteiger charge is -2.22. The van der Waals surface area contributed by atoms with E-state index in [9.17, 15) is 8.78 Å². The number of allylic oxidation sites excluding steroid dienone is 1. The molecule has 0 saturated carbocycles. The third-order valence-corrected chi connectivity index (χ3v) is 2.07. The molecule has 2 nitrogen and oxygen atoms in total. The van der Waals surface area contributed by atoms with Crippen molar-refractivity contribution in [3.05, 3.63) is 24.5 Å². The van der Waals surface area contributed by atoms with Crippen LogP contribution in [0.3, 0.4) is 0 Å². The highest BCUT2D eigenvalue weighted by atomic mass is 19.3. The van der Waals surface area contributed by atoms with E-state index in [-0.39, 0.29) is 5.41 Å². The number of rotatable bonds is 2. The molecule has 0 aliphatic carbocycles. The molecule has 0 saturated heterocycles. The lowest BCUT2D eigenvalue weighted by Crippen LogP contribution is -2.13. The zero-order valence-corrected chi connectivity index (χ0v) is 8.59. The summed E-state index contributed by atoms with van der Waals surface area (Å²) in [5.74, 6) is 0. The van der Waals surface area contributed by atoms with Gasteiger partial charge in [0.05, 0.1) is 5.69 Å². The number of halogens is 2. The van der Waals surface area contributed by atoms with Gasteiger partial charge >= 0.3 is 6.55 Å². The van der Waals surface area contributed by atoms with Crippen molar-refractivity contribution in [3.8, 4) is 0 Å². The summed E-state index contributed by atoms with van der Waals surface area (Å²) >= 11 is 0. The Morgan fingerprint density at radius 3 is 2.50 bits per heavy atom. The molecule has 0 aromatic carbocycles. The Bertz CT molecular complexity index is 334. The van der Waals surface area contributed by atoms with Gasteiger partial charge in [-0.15, -0.1) is 0 Å². The highest BCUT2D eigenvalue weighted by Crippen LogP contribution is 2.33. The van der Waals surface area contributed by atoms with Gasteiger partial charge in [-0.2, -0.15) is 13.9 Å². The Balaban J connectivity index is 3.08. The predicted octanol–water partition coefficient (Wildman–Crippen LogP) is 3.34. The lowest BCUT2D eigenvalue weighted by atomic mass is 9.86. The molecular formula is C10H14F2N2. The minimum Gasteiger partial charge on any atom is -0.204 e. The van der Waals surface area contributed by atoms with Gasteiger partial charge < -0.3 is 0 Å². The van der Waals surface area contributed by atoms with Crippen molar-refractivity contribution in [1.82, 2.24) is 9.78 Å². The van der Waals surface area contributed by atoms with E-state index in [0.29, 0.717) is 15.9 Å². The molecule has 1 rings (SSSR count). The van der Waals surface area contributed by atoms with Crippen LogP contribution in [0.2, 0.25) is 0 Å². The van der Waals surface area contributed by atoms with Crippen LogP contribution < -0.4 is 0 Å². The van der Waals surface area contributed by atoms with Crippen molar-refractivity contribution in [2.75, 3.05) is 0 Å². The number of alkyl halides is 2. The predicted molar refractivity (Wildman–Crippen MR) is 52.0 cm³/mol. The van der Waals surface area contributed by atoms with Crippen LogP contribution in [-0.4, -0.2) is 9.78 Å². The van der Waals surface area contributed by atoms with Crippen molar-refractivity contribution in [3.63, 3.8) is 0 Å².